The second-order valence-corrected chi connectivity index (χ2v) is 5.85. The molecule has 3 aromatic rings. The summed E-state index contributed by atoms with van der Waals surface area (Å²) < 4.78 is 15.7. The Kier molecular flexibility index (Phi) is 5.10. The minimum absolute atomic E-state index is 0.0120. The predicted molar refractivity (Wildman–Crippen MR) is 91.7 cm³/mol. The molecular formula is C18H19O3P. The molecule has 0 spiro atoms. The minimum atomic E-state index is 0.0120. The zero-order valence-electron chi connectivity index (χ0n) is 13.3. The molecule has 0 N–H and O–H groups in total. The standard InChI is InChI=1S/C10H10O.C8H9O2P/c1-5-4-8-9(10(8)11)7(3)6(5)2;1-2-10-7-5-3-4-6-8(7)11-9/h4H,1-3H3;3-6H,2H2,1H3. The van der Waals surface area contributed by atoms with Gasteiger partial charge in [-0.1, -0.05) is 12.1 Å². The molecule has 0 aromatic heterocycles. The fraction of sp³-hybridized carbons (Fsp3) is 0.278. The lowest BCUT2D eigenvalue weighted by Crippen LogP contribution is -2.01. The summed E-state index contributed by atoms with van der Waals surface area (Å²) in [7, 11) is 0.0120. The van der Waals surface area contributed by atoms with Gasteiger partial charge in [0, 0.05) is 10.8 Å². The Morgan fingerprint density at radius 3 is 2.41 bits per heavy atom. The van der Waals surface area contributed by atoms with Crippen molar-refractivity contribution in [2.75, 3.05) is 6.61 Å². The van der Waals surface area contributed by atoms with Crippen molar-refractivity contribution in [2.45, 2.75) is 27.7 Å². The summed E-state index contributed by atoms with van der Waals surface area (Å²) in [4.78, 5) is 11.1. The lowest BCUT2D eigenvalue weighted by atomic mass is 10.1. The van der Waals surface area contributed by atoms with Crippen LogP contribution in [0.1, 0.15) is 23.6 Å². The molecule has 0 aliphatic heterocycles. The van der Waals surface area contributed by atoms with E-state index >= 15 is 0 Å². The summed E-state index contributed by atoms with van der Waals surface area (Å²) in [6.45, 7) is 8.64. The van der Waals surface area contributed by atoms with Gasteiger partial charge < -0.3 is 4.74 Å². The van der Waals surface area contributed by atoms with E-state index in [-0.39, 0.29) is 13.9 Å². The van der Waals surface area contributed by atoms with Gasteiger partial charge in [-0.05, 0) is 62.6 Å². The Morgan fingerprint density at radius 1 is 1.09 bits per heavy atom. The van der Waals surface area contributed by atoms with Crippen LogP contribution in [-0.4, -0.2) is 6.61 Å². The molecule has 3 rings (SSSR count). The molecule has 0 aliphatic carbocycles. The summed E-state index contributed by atoms with van der Waals surface area (Å²) in [6.07, 6.45) is 0. The maximum Gasteiger partial charge on any atom is 0.196 e. The molecule has 0 atom stereocenters. The third-order valence-corrected chi connectivity index (χ3v) is 4.40. The Labute approximate surface area is 131 Å². The molecule has 0 bridgehead atoms. The Morgan fingerprint density at radius 2 is 1.77 bits per heavy atom. The normalized spacial score (nSPS) is 10.7. The van der Waals surface area contributed by atoms with Crippen LogP contribution < -0.4 is 15.5 Å². The van der Waals surface area contributed by atoms with E-state index < -0.39 is 0 Å². The van der Waals surface area contributed by atoms with Crippen LogP contribution in [0.2, 0.25) is 0 Å². The average molecular weight is 314 g/mol. The third kappa shape index (κ3) is 3.26. The number of para-hydroxylation sites is 1. The van der Waals surface area contributed by atoms with Crippen LogP contribution in [0.5, 0.6) is 5.75 Å². The number of aryl methyl sites for hydroxylation is 2. The van der Waals surface area contributed by atoms with Gasteiger partial charge in [-0.15, -0.1) is 0 Å². The monoisotopic (exact) mass is 314 g/mol. The van der Waals surface area contributed by atoms with Crippen LogP contribution in [0.4, 0.5) is 0 Å². The predicted octanol–water partition coefficient (Wildman–Crippen LogP) is 4.00. The first-order valence-corrected chi connectivity index (χ1v) is 8.03. The van der Waals surface area contributed by atoms with E-state index in [4.69, 9.17) is 4.74 Å². The summed E-state index contributed by atoms with van der Waals surface area (Å²) in [5.74, 6) is 0.701. The third-order valence-electron chi connectivity index (χ3n) is 3.83. The fourth-order valence-corrected chi connectivity index (χ4v) is 2.69. The molecule has 0 heterocycles. The van der Waals surface area contributed by atoms with Gasteiger partial charge in [-0.3, -0.25) is 9.36 Å². The lowest BCUT2D eigenvalue weighted by Gasteiger charge is -2.02. The summed E-state index contributed by atoms with van der Waals surface area (Å²) in [5.41, 5.74) is 3.91. The topological polar surface area (TPSA) is 43.4 Å². The smallest absolute Gasteiger partial charge is 0.196 e. The number of hydrogen-bond acceptors (Lipinski definition) is 3. The van der Waals surface area contributed by atoms with E-state index in [1.165, 1.54) is 16.7 Å². The van der Waals surface area contributed by atoms with Gasteiger partial charge >= 0.3 is 0 Å². The van der Waals surface area contributed by atoms with Crippen molar-refractivity contribution in [3.63, 3.8) is 0 Å². The number of fused-ring (bicyclic) bond motifs is 1. The highest BCUT2D eigenvalue weighted by Gasteiger charge is 2.16. The van der Waals surface area contributed by atoms with Gasteiger partial charge in [0.2, 0.25) is 0 Å². The molecule has 0 unspecified atom stereocenters. The summed E-state index contributed by atoms with van der Waals surface area (Å²) in [6, 6.07) is 9.27. The first-order chi connectivity index (χ1) is 10.5. The van der Waals surface area contributed by atoms with E-state index in [0.717, 1.165) is 10.8 Å². The van der Waals surface area contributed by atoms with Gasteiger partial charge in [-0.25, -0.2) is 0 Å². The zero-order valence-corrected chi connectivity index (χ0v) is 14.2. The number of ether oxygens (including phenoxy) is 1. The van der Waals surface area contributed by atoms with Crippen molar-refractivity contribution in [1.29, 1.82) is 0 Å². The molecule has 22 heavy (non-hydrogen) atoms. The second kappa shape index (κ2) is 6.85. The van der Waals surface area contributed by atoms with Gasteiger partial charge in [0.15, 0.2) is 13.9 Å². The van der Waals surface area contributed by atoms with Crippen LogP contribution in [-0.2, 0) is 4.57 Å². The molecule has 0 amide bonds. The van der Waals surface area contributed by atoms with Crippen molar-refractivity contribution in [2.24, 2.45) is 0 Å². The summed E-state index contributed by atoms with van der Waals surface area (Å²) in [5, 5.41) is 2.60. The Hall–Kier alpha value is -1.99. The Balaban J connectivity index is 0.000000160. The van der Waals surface area contributed by atoms with E-state index in [9.17, 15) is 9.36 Å². The largest absolute Gasteiger partial charge is 0.493 e. The molecule has 3 aromatic carbocycles. The van der Waals surface area contributed by atoms with Gasteiger partial charge in [0.25, 0.3) is 0 Å². The Bertz CT molecular complexity index is 826. The second-order valence-electron chi connectivity index (χ2n) is 5.19. The molecule has 0 aliphatic rings. The highest BCUT2D eigenvalue weighted by Crippen LogP contribution is 2.25. The van der Waals surface area contributed by atoms with Crippen LogP contribution in [0.15, 0.2) is 35.1 Å². The number of hydrogen-bond donors (Lipinski definition) is 0. The first kappa shape index (κ1) is 16.4. The fourth-order valence-electron chi connectivity index (χ4n) is 2.31. The first-order valence-electron chi connectivity index (χ1n) is 7.21. The van der Waals surface area contributed by atoms with E-state index in [1.807, 2.05) is 45.0 Å². The van der Waals surface area contributed by atoms with Crippen LogP contribution in [0, 0.1) is 20.8 Å². The maximum atomic E-state index is 11.1. The summed E-state index contributed by atoms with van der Waals surface area (Å²) >= 11 is 0. The van der Waals surface area contributed by atoms with Gasteiger partial charge in [0.1, 0.15) is 5.75 Å². The molecule has 0 saturated heterocycles. The quantitative estimate of drug-likeness (QED) is 0.686. The number of rotatable bonds is 3. The van der Waals surface area contributed by atoms with E-state index in [2.05, 4.69) is 6.92 Å². The zero-order chi connectivity index (χ0) is 16.3. The SMILES string of the molecule is CCOc1ccccc1P=O.Cc1cc2c(=O)c2c(C)c1C. The van der Waals surface area contributed by atoms with E-state index in [1.54, 1.807) is 6.07 Å². The van der Waals surface area contributed by atoms with Gasteiger partial charge in [0.05, 0.1) is 11.9 Å². The average Bonchev–Trinajstić information content (AvgIpc) is 3.16. The molecule has 0 radical (unpaired) electrons. The van der Waals surface area contributed by atoms with Crippen LogP contribution in [0.25, 0.3) is 10.8 Å². The number of benzene rings is 2. The maximum absolute atomic E-state index is 11.1. The van der Waals surface area contributed by atoms with Crippen molar-refractivity contribution < 1.29 is 9.30 Å². The van der Waals surface area contributed by atoms with Crippen LogP contribution >= 0.6 is 8.46 Å². The van der Waals surface area contributed by atoms with Gasteiger partial charge in [-0.2, -0.15) is 0 Å². The van der Waals surface area contributed by atoms with E-state index in [0.29, 0.717) is 17.7 Å². The molecular weight excluding hydrogens is 295 g/mol. The van der Waals surface area contributed by atoms with Crippen molar-refractivity contribution in [3.8, 4) is 5.75 Å². The molecule has 4 heteroatoms. The highest BCUT2D eigenvalue weighted by molar-refractivity contribution is 7.34. The molecule has 114 valence electrons. The molecule has 3 nitrogen and oxygen atoms in total. The molecule has 0 saturated carbocycles. The molecule has 0 fully saturated rings. The van der Waals surface area contributed by atoms with Crippen molar-refractivity contribution in [1.82, 2.24) is 0 Å². The highest BCUT2D eigenvalue weighted by atomic mass is 31.1. The van der Waals surface area contributed by atoms with Crippen molar-refractivity contribution in [3.05, 3.63) is 57.2 Å². The van der Waals surface area contributed by atoms with Crippen molar-refractivity contribution >= 4 is 24.5 Å². The van der Waals surface area contributed by atoms with Crippen LogP contribution in [0.3, 0.4) is 0 Å². The lowest BCUT2D eigenvalue weighted by molar-refractivity contribution is 0.343. The minimum Gasteiger partial charge on any atom is -0.493 e.